The van der Waals surface area contributed by atoms with E-state index >= 15 is 0 Å². The van der Waals surface area contributed by atoms with Crippen molar-refractivity contribution in [3.8, 4) is 6.07 Å². The van der Waals surface area contributed by atoms with Gasteiger partial charge in [0, 0.05) is 32.0 Å². The fourth-order valence-electron chi connectivity index (χ4n) is 4.30. The second-order valence-corrected chi connectivity index (χ2v) is 7.88. The van der Waals surface area contributed by atoms with Gasteiger partial charge < -0.3 is 15.7 Å². The number of aliphatic hydroxyl groups excluding tert-OH is 1. The first-order chi connectivity index (χ1) is 15.6. The second kappa shape index (κ2) is 9.60. The van der Waals surface area contributed by atoms with Crippen molar-refractivity contribution in [3.63, 3.8) is 0 Å². The summed E-state index contributed by atoms with van der Waals surface area (Å²) in [6.07, 6.45) is 3.02. The van der Waals surface area contributed by atoms with Crippen molar-refractivity contribution >= 4 is 11.6 Å². The third kappa shape index (κ3) is 4.47. The molecule has 32 heavy (non-hydrogen) atoms. The first-order valence-corrected chi connectivity index (χ1v) is 10.5. The maximum absolute atomic E-state index is 13.0. The van der Waals surface area contributed by atoms with Crippen LogP contribution in [0.15, 0.2) is 73.1 Å². The molecule has 1 amide bonds. The molecule has 7 nitrogen and oxygen atoms in total. The lowest BCUT2D eigenvalue weighted by atomic mass is 9.93. The van der Waals surface area contributed by atoms with Gasteiger partial charge in [-0.3, -0.25) is 14.7 Å². The maximum atomic E-state index is 13.0. The Labute approximate surface area is 187 Å². The summed E-state index contributed by atoms with van der Waals surface area (Å²) in [4.78, 5) is 21.0. The average molecular weight is 428 g/mol. The molecule has 0 spiro atoms. The van der Waals surface area contributed by atoms with Gasteiger partial charge in [0.25, 0.3) is 5.91 Å². The van der Waals surface area contributed by atoms with Gasteiger partial charge in [-0.15, -0.1) is 0 Å². The van der Waals surface area contributed by atoms with Crippen molar-refractivity contribution in [2.24, 2.45) is 0 Å². The molecule has 2 atom stereocenters. The van der Waals surface area contributed by atoms with Gasteiger partial charge in [0.1, 0.15) is 0 Å². The van der Waals surface area contributed by atoms with Crippen LogP contribution >= 0.6 is 0 Å². The van der Waals surface area contributed by atoms with Crippen molar-refractivity contribution in [1.29, 1.82) is 5.26 Å². The highest BCUT2D eigenvalue weighted by molar-refractivity contribution is 5.94. The maximum Gasteiger partial charge on any atom is 0.255 e. The number of nitrogens with zero attached hydrogens (tertiary/aromatic N) is 4. The number of anilines is 1. The van der Waals surface area contributed by atoms with Crippen molar-refractivity contribution in [1.82, 2.24) is 14.8 Å². The molecule has 1 aliphatic heterocycles. The highest BCUT2D eigenvalue weighted by atomic mass is 16.3. The first kappa shape index (κ1) is 21.5. The third-order valence-corrected chi connectivity index (χ3v) is 5.81. The largest absolute Gasteiger partial charge is 0.397 e. The summed E-state index contributed by atoms with van der Waals surface area (Å²) >= 11 is 0. The number of hydrogen-bond donors (Lipinski definition) is 2. The molecule has 162 valence electrons. The Kier molecular flexibility index (Phi) is 6.45. The quantitative estimate of drug-likeness (QED) is 0.648. The van der Waals surface area contributed by atoms with Gasteiger partial charge in [0.15, 0.2) is 0 Å². The average Bonchev–Trinajstić information content (AvgIpc) is 2.84. The van der Waals surface area contributed by atoms with Gasteiger partial charge in [-0.1, -0.05) is 42.5 Å². The number of rotatable bonds is 5. The molecule has 1 aliphatic rings. The van der Waals surface area contributed by atoms with Crippen LogP contribution in [0.5, 0.6) is 0 Å². The summed E-state index contributed by atoms with van der Waals surface area (Å²) in [5.41, 5.74) is 9.31. The molecule has 3 aromatic rings. The van der Waals surface area contributed by atoms with Gasteiger partial charge in [-0.25, -0.2) is 0 Å². The van der Waals surface area contributed by atoms with E-state index in [-0.39, 0.29) is 24.6 Å². The van der Waals surface area contributed by atoms with Gasteiger partial charge in [-0.2, -0.15) is 5.26 Å². The Morgan fingerprint density at radius 3 is 2.62 bits per heavy atom. The summed E-state index contributed by atoms with van der Waals surface area (Å²) in [6.45, 7) is 1.36. The molecule has 0 saturated carbocycles. The smallest absolute Gasteiger partial charge is 0.255 e. The lowest BCUT2D eigenvalue weighted by Crippen LogP contribution is -2.57. The van der Waals surface area contributed by atoms with Gasteiger partial charge >= 0.3 is 0 Å². The van der Waals surface area contributed by atoms with Crippen LogP contribution in [0.3, 0.4) is 0 Å². The number of carbonyl (C=O) groups is 1. The molecule has 2 aromatic carbocycles. The number of benzene rings is 2. The number of nitrogen functional groups attached to an aromatic ring is 1. The number of piperazine rings is 1. The van der Waals surface area contributed by atoms with Crippen molar-refractivity contribution in [3.05, 3.63) is 95.3 Å². The highest BCUT2D eigenvalue weighted by Gasteiger charge is 2.35. The minimum absolute atomic E-state index is 0.0970. The Balaban J connectivity index is 1.64. The lowest BCUT2D eigenvalue weighted by Gasteiger charge is -2.45. The van der Waals surface area contributed by atoms with Crippen LogP contribution in [0.4, 0.5) is 5.69 Å². The fraction of sp³-hybridized carbons (Fsp3) is 0.240. The van der Waals surface area contributed by atoms with Crippen molar-refractivity contribution < 1.29 is 9.90 Å². The van der Waals surface area contributed by atoms with Crippen LogP contribution < -0.4 is 5.73 Å². The molecule has 1 fully saturated rings. The topological polar surface area (TPSA) is 106 Å². The minimum Gasteiger partial charge on any atom is -0.397 e. The van der Waals surface area contributed by atoms with E-state index in [0.717, 1.165) is 11.1 Å². The van der Waals surface area contributed by atoms with Gasteiger partial charge in [-0.05, 0) is 29.3 Å². The molecule has 1 saturated heterocycles. The molecule has 0 bridgehead atoms. The summed E-state index contributed by atoms with van der Waals surface area (Å²) < 4.78 is 0. The zero-order valence-corrected chi connectivity index (χ0v) is 17.6. The summed E-state index contributed by atoms with van der Waals surface area (Å²) in [5, 5.41) is 19.6. The fourth-order valence-corrected chi connectivity index (χ4v) is 4.30. The molecule has 0 unspecified atom stereocenters. The van der Waals surface area contributed by atoms with Crippen molar-refractivity contribution in [2.75, 3.05) is 32.0 Å². The number of hydrogen-bond acceptors (Lipinski definition) is 6. The Hall–Kier alpha value is -3.73. The SMILES string of the molecule is N#Cc1cccc([C@@H](c2ccccc2)N2CCN(C(=O)c3cncc(N)c3)C[C@H]2CO)c1. The van der Waals surface area contributed by atoms with E-state index in [4.69, 9.17) is 5.73 Å². The summed E-state index contributed by atoms with van der Waals surface area (Å²) in [7, 11) is 0. The molecular weight excluding hydrogens is 402 g/mol. The Morgan fingerprint density at radius 2 is 1.91 bits per heavy atom. The van der Waals surface area contributed by atoms with Crippen LogP contribution in [-0.4, -0.2) is 58.1 Å². The number of nitrogens with two attached hydrogens (primary N) is 1. The predicted molar refractivity (Wildman–Crippen MR) is 122 cm³/mol. The Bertz CT molecular complexity index is 1130. The third-order valence-electron chi connectivity index (χ3n) is 5.81. The van der Waals surface area contributed by atoms with Crippen LogP contribution in [0.1, 0.15) is 33.1 Å². The Morgan fingerprint density at radius 1 is 1.12 bits per heavy atom. The lowest BCUT2D eigenvalue weighted by molar-refractivity contribution is 0.0196. The highest BCUT2D eigenvalue weighted by Crippen LogP contribution is 2.32. The van der Waals surface area contributed by atoms with Gasteiger partial charge in [0.05, 0.1) is 41.6 Å². The molecule has 7 heteroatoms. The molecule has 2 heterocycles. The van der Waals surface area contributed by atoms with E-state index in [0.29, 0.717) is 36.4 Å². The molecule has 4 rings (SSSR count). The van der Waals surface area contributed by atoms with E-state index in [1.54, 1.807) is 17.0 Å². The number of aliphatic hydroxyl groups is 1. The van der Waals surface area contributed by atoms with E-state index in [1.165, 1.54) is 12.4 Å². The first-order valence-electron chi connectivity index (χ1n) is 10.5. The molecule has 0 aliphatic carbocycles. The standard InChI is InChI=1S/C25H25N5O2/c26-13-18-5-4-8-20(11-18)24(19-6-2-1-3-7-19)30-10-9-29(16-23(30)17-31)25(32)21-12-22(27)15-28-14-21/h1-8,11-12,14-15,23-24,31H,9-10,16-17,27H2/t23-,24+/m0/s1. The normalized spacial score (nSPS) is 17.5. The van der Waals surface area contributed by atoms with Crippen LogP contribution in [0, 0.1) is 11.3 Å². The summed E-state index contributed by atoms with van der Waals surface area (Å²) in [6, 6.07) is 21.0. The number of amides is 1. The van der Waals surface area contributed by atoms with Gasteiger partial charge in [0.2, 0.25) is 0 Å². The molecular formula is C25H25N5O2. The van der Waals surface area contributed by atoms with E-state index in [1.807, 2.05) is 48.5 Å². The summed E-state index contributed by atoms with van der Waals surface area (Å²) in [5.74, 6) is -0.148. The zero-order valence-electron chi connectivity index (χ0n) is 17.6. The monoisotopic (exact) mass is 427 g/mol. The second-order valence-electron chi connectivity index (χ2n) is 7.88. The number of pyridine rings is 1. The van der Waals surface area contributed by atoms with Crippen LogP contribution in [0.25, 0.3) is 0 Å². The minimum atomic E-state index is -0.266. The predicted octanol–water partition coefficient (Wildman–Crippen LogP) is 2.44. The molecule has 1 aromatic heterocycles. The molecule has 0 radical (unpaired) electrons. The zero-order chi connectivity index (χ0) is 22.5. The molecule has 3 N–H and O–H groups in total. The number of nitriles is 1. The number of carbonyl (C=O) groups excluding carboxylic acids is 1. The van der Waals surface area contributed by atoms with Crippen LogP contribution in [-0.2, 0) is 0 Å². The van der Waals surface area contributed by atoms with E-state index < -0.39 is 0 Å². The van der Waals surface area contributed by atoms with Crippen LogP contribution in [0.2, 0.25) is 0 Å². The van der Waals surface area contributed by atoms with E-state index in [9.17, 15) is 15.2 Å². The van der Waals surface area contributed by atoms with Crippen molar-refractivity contribution in [2.45, 2.75) is 12.1 Å². The van der Waals surface area contributed by atoms with E-state index in [2.05, 4.69) is 16.0 Å². The number of aromatic nitrogens is 1.